The van der Waals surface area contributed by atoms with Crippen molar-refractivity contribution < 1.29 is 14.6 Å². The van der Waals surface area contributed by atoms with Crippen LogP contribution in [0.25, 0.3) is 0 Å². The van der Waals surface area contributed by atoms with Gasteiger partial charge in [-0.3, -0.25) is 4.90 Å². The van der Waals surface area contributed by atoms with Gasteiger partial charge in [-0.15, -0.1) is 0 Å². The van der Waals surface area contributed by atoms with E-state index in [0.29, 0.717) is 32.4 Å². The van der Waals surface area contributed by atoms with Crippen molar-refractivity contribution in [3.63, 3.8) is 0 Å². The van der Waals surface area contributed by atoms with Crippen molar-refractivity contribution >= 4 is 0 Å². The maximum absolute atomic E-state index is 9.75. The van der Waals surface area contributed by atoms with Gasteiger partial charge in [-0.25, -0.2) is 0 Å². The van der Waals surface area contributed by atoms with Crippen LogP contribution in [0.1, 0.15) is 6.42 Å². The van der Waals surface area contributed by atoms with Gasteiger partial charge >= 0.3 is 0 Å². The lowest BCUT2D eigenvalue weighted by Gasteiger charge is -2.25. The van der Waals surface area contributed by atoms with Gasteiger partial charge in [-0.2, -0.15) is 0 Å². The molecule has 0 spiro atoms. The number of rotatable bonds is 8. The van der Waals surface area contributed by atoms with Gasteiger partial charge in [0.25, 0.3) is 0 Å². The summed E-state index contributed by atoms with van der Waals surface area (Å²) in [5, 5.41) is 13.1. The molecule has 0 aliphatic carbocycles. The van der Waals surface area contributed by atoms with Crippen molar-refractivity contribution in [1.82, 2.24) is 10.2 Å². The predicted molar refractivity (Wildman–Crippen MR) is 62.6 cm³/mol. The van der Waals surface area contributed by atoms with Crippen molar-refractivity contribution in [2.45, 2.75) is 18.6 Å². The van der Waals surface area contributed by atoms with Crippen LogP contribution in [0, 0.1) is 0 Å². The lowest BCUT2D eigenvalue weighted by molar-refractivity contribution is -0.00136. The number of likely N-dealkylation sites (N-methyl/N-ethyl adjacent to an activating group) is 1. The minimum Gasteiger partial charge on any atom is -0.389 e. The van der Waals surface area contributed by atoms with Crippen LogP contribution in [0.4, 0.5) is 0 Å². The quantitative estimate of drug-likeness (QED) is 0.542. The van der Waals surface area contributed by atoms with Gasteiger partial charge in [0.15, 0.2) is 0 Å². The first kappa shape index (κ1) is 13.9. The van der Waals surface area contributed by atoms with E-state index in [1.807, 2.05) is 0 Å². The number of aliphatic hydroxyl groups is 1. The van der Waals surface area contributed by atoms with Gasteiger partial charge in [0.2, 0.25) is 0 Å². The van der Waals surface area contributed by atoms with Gasteiger partial charge in [0.1, 0.15) is 0 Å². The van der Waals surface area contributed by atoms with Crippen molar-refractivity contribution in [3.8, 4) is 0 Å². The average molecular weight is 232 g/mol. The third kappa shape index (κ3) is 5.23. The van der Waals surface area contributed by atoms with E-state index in [0.717, 1.165) is 19.5 Å². The van der Waals surface area contributed by atoms with Crippen LogP contribution in [0.2, 0.25) is 0 Å². The standard InChI is InChI=1S/C11H24N2O3/c1-13(10-3-4-12-7-10)8-11(14)9-16-6-5-15-2/h10-12,14H,3-9H2,1-2H3. The molecule has 0 aromatic rings. The number of nitrogens with one attached hydrogen (secondary N) is 1. The summed E-state index contributed by atoms with van der Waals surface area (Å²) in [6.45, 7) is 4.27. The maximum atomic E-state index is 9.75. The number of ether oxygens (including phenoxy) is 2. The molecule has 1 aliphatic heterocycles. The molecule has 1 fully saturated rings. The molecule has 0 amide bonds. The third-order valence-electron chi connectivity index (χ3n) is 2.90. The van der Waals surface area contributed by atoms with E-state index in [1.54, 1.807) is 7.11 Å². The van der Waals surface area contributed by atoms with E-state index in [4.69, 9.17) is 9.47 Å². The lowest BCUT2D eigenvalue weighted by atomic mass is 10.2. The molecule has 2 atom stereocenters. The van der Waals surface area contributed by atoms with Gasteiger partial charge in [0, 0.05) is 26.2 Å². The first-order chi connectivity index (χ1) is 7.74. The Morgan fingerprint density at radius 2 is 2.31 bits per heavy atom. The van der Waals surface area contributed by atoms with Crippen LogP contribution >= 0.6 is 0 Å². The Kier molecular flexibility index (Phi) is 6.91. The monoisotopic (exact) mass is 232 g/mol. The summed E-state index contributed by atoms with van der Waals surface area (Å²) in [5.74, 6) is 0. The molecule has 0 aromatic carbocycles. The van der Waals surface area contributed by atoms with E-state index in [-0.39, 0.29) is 0 Å². The Hall–Kier alpha value is -0.200. The highest BCUT2D eigenvalue weighted by Crippen LogP contribution is 2.06. The van der Waals surface area contributed by atoms with Crippen LogP contribution in [0.15, 0.2) is 0 Å². The molecule has 1 rings (SSSR count). The Bertz CT molecular complexity index is 175. The molecule has 0 saturated carbocycles. The summed E-state index contributed by atoms with van der Waals surface area (Å²) in [5.41, 5.74) is 0. The fraction of sp³-hybridized carbons (Fsp3) is 1.00. The van der Waals surface area contributed by atoms with Gasteiger partial charge < -0.3 is 19.9 Å². The fourth-order valence-electron chi connectivity index (χ4n) is 1.91. The average Bonchev–Trinajstić information content (AvgIpc) is 2.77. The summed E-state index contributed by atoms with van der Waals surface area (Å²) >= 11 is 0. The predicted octanol–water partition coefficient (Wildman–Crippen LogP) is -0.696. The molecule has 1 aliphatic rings. The molecular weight excluding hydrogens is 208 g/mol. The zero-order chi connectivity index (χ0) is 11.8. The summed E-state index contributed by atoms with van der Waals surface area (Å²) in [6, 6.07) is 0.550. The highest BCUT2D eigenvalue weighted by atomic mass is 16.5. The Labute approximate surface area is 97.7 Å². The van der Waals surface area contributed by atoms with Crippen LogP contribution < -0.4 is 5.32 Å². The summed E-state index contributed by atoms with van der Waals surface area (Å²) in [4.78, 5) is 2.20. The van der Waals surface area contributed by atoms with E-state index in [2.05, 4.69) is 17.3 Å². The summed E-state index contributed by atoms with van der Waals surface area (Å²) in [7, 11) is 3.69. The second-order valence-electron chi connectivity index (χ2n) is 4.31. The molecular formula is C11H24N2O3. The molecule has 0 aromatic heterocycles. The molecule has 0 radical (unpaired) electrons. The number of nitrogens with zero attached hydrogens (tertiary/aromatic N) is 1. The first-order valence-electron chi connectivity index (χ1n) is 5.89. The van der Waals surface area contributed by atoms with Gasteiger partial charge in [-0.1, -0.05) is 0 Å². The molecule has 96 valence electrons. The first-order valence-corrected chi connectivity index (χ1v) is 5.89. The SMILES string of the molecule is COCCOCC(O)CN(C)C1CCNC1. The second-order valence-corrected chi connectivity index (χ2v) is 4.31. The van der Waals surface area contributed by atoms with E-state index < -0.39 is 6.10 Å². The van der Waals surface area contributed by atoms with Gasteiger partial charge in [0.05, 0.1) is 25.9 Å². The molecule has 1 saturated heterocycles. The summed E-state index contributed by atoms with van der Waals surface area (Å²) < 4.78 is 10.1. The zero-order valence-electron chi connectivity index (χ0n) is 10.3. The maximum Gasteiger partial charge on any atom is 0.0900 e. The van der Waals surface area contributed by atoms with E-state index >= 15 is 0 Å². The van der Waals surface area contributed by atoms with Crippen LogP contribution in [0.5, 0.6) is 0 Å². The molecule has 16 heavy (non-hydrogen) atoms. The molecule has 0 bridgehead atoms. The van der Waals surface area contributed by atoms with Crippen LogP contribution in [-0.4, -0.2) is 75.8 Å². The van der Waals surface area contributed by atoms with Crippen molar-refractivity contribution in [2.75, 3.05) is 53.6 Å². The van der Waals surface area contributed by atoms with E-state index in [1.165, 1.54) is 0 Å². The highest BCUT2D eigenvalue weighted by Gasteiger charge is 2.20. The Morgan fingerprint density at radius 3 is 2.94 bits per heavy atom. The van der Waals surface area contributed by atoms with Gasteiger partial charge in [-0.05, 0) is 20.0 Å². The number of aliphatic hydroxyl groups excluding tert-OH is 1. The van der Waals surface area contributed by atoms with Crippen LogP contribution in [0.3, 0.4) is 0 Å². The van der Waals surface area contributed by atoms with Crippen molar-refractivity contribution in [1.29, 1.82) is 0 Å². The minimum absolute atomic E-state index is 0.383. The smallest absolute Gasteiger partial charge is 0.0900 e. The molecule has 2 unspecified atom stereocenters. The molecule has 5 heteroatoms. The zero-order valence-corrected chi connectivity index (χ0v) is 10.3. The van der Waals surface area contributed by atoms with Crippen molar-refractivity contribution in [2.24, 2.45) is 0 Å². The van der Waals surface area contributed by atoms with E-state index in [9.17, 15) is 5.11 Å². The molecule has 2 N–H and O–H groups in total. The lowest BCUT2D eigenvalue weighted by Crippen LogP contribution is -2.40. The Balaban J connectivity index is 2.05. The normalized spacial score (nSPS) is 22.9. The second kappa shape index (κ2) is 7.97. The van der Waals surface area contributed by atoms with Crippen molar-refractivity contribution in [3.05, 3.63) is 0 Å². The summed E-state index contributed by atoms with van der Waals surface area (Å²) in [6.07, 6.45) is 0.746. The Morgan fingerprint density at radius 1 is 1.50 bits per heavy atom. The topological polar surface area (TPSA) is 54.0 Å². The highest BCUT2D eigenvalue weighted by molar-refractivity contribution is 4.79. The number of hydrogen-bond donors (Lipinski definition) is 2. The number of hydrogen-bond acceptors (Lipinski definition) is 5. The molecule has 5 nitrogen and oxygen atoms in total. The van der Waals surface area contributed by atoms with Crippen LogP contribution in [-0.2, 0) is 9.47 Å². The minimum atomic E-state index is -0.414. The third-order valence-corrected chi connectivity index (χ3v) is 2.90. The molecule has 1 heterocycles. The largest absolute Gasteiger partial charge is 0.389 e. The number of methoxy groups -OCH3 is 1. The fourth-order valence-corrected chi connectivity index (χ4v) is 1.91.